The van der Waals surface area contributed by atoms with Gasteiger partial charge in [0.1, 0.15) is 6.26 Å². The topological polar surface area (TPSA) is 49.8 Å². The Morgan fingerprint density at radius 2 is 1.94 bits per heavy atom. The molecule has 0 bridgehead atoms. The molecule has 0 fully saturated rings. The summed E-state index contributed by atoms with van der Waals surface area (Å²) in [5, 5.41) is 9.68. The average Bonchev–Trinajstić information content (AvgIpc) is 2.80. The van der Waals surface area contributed by atoms with Crippen LogP contribution in [0.1, 0.15) is 19.5 Å². The summed E-state index contributed by atoms with van der Waals surface area (Å²) >= 11 is 5.81. The molecule has 3 nitrogen and oxygen atoms in total. The fraction of sp³-hybridized carbons (Fsp3) is 0.231. The van der Waals surface area contributed by atoms with Crippen LogP contribution >= 0.6 is 11.6 Å². The van der Waals surface area contributed by atoms with E-state index < -0.39 is 5.41 Å². The van der Waals surface area contributed by atoms with Crippen molar-refractivity contribution >= 4 is 11.6 Å². The molecule has 0 unspecified atom stereocenters. The van der Waals surface area contributed by atoms with E-state index >= 15 is 0 Å². The molecule has 86 valence electrons. The van der Waals surface area contributed by atoms with Gasteiger partial charge >= 0.3 is 0 Å². The first-order valence-electron chi connectivity index (χ1n) is 5.16. The molecule has 2 rings (SSSR count). The second-order valence-corrected chi connectivity index (χ2v) is 4.72. The number of nitrogens with zero attached hydrogens (tertiary/aromatic N) is 2. The maximum Gasteiger partial charge on any atom is 0.226 e. The van der Waals surface area contributed by atoms with Gasteiger partial charge in [-0.3, -0.25) is 0 Å². The van der Waals surface area contributed by atoms with Crippen molar-refractivity contribution in [2.45, 2.75) is 19.3 Å². The second-order valence-electron chi connectivity index (χ2n) is 4.28. The van der Waals surface area contributed by atoms with Crippen LogP contribution in [0.15, 0.2) is 34.9 Å². The van der Waals surface area contributed by atoms with Crippen molar-refractivity contribution < 1.29 is 4.42 Å². The standard InChI is InChI=1S/C13H11ClN2O/c1-13(2,8-15)11-7-17-12(16-11)9-3-5-10(14)6-4-9/h3-7H,1-2H3. The predicted molar refractivity (Wildman–Crippen MR) is 65.6 cm³/mol. The van der Waals surface area contributed by atoms with Gasteiger partial charge in [0.25, 0.3) is 0 Å². The molecule has 1 heterocycles. The van der Waals surface area contributed by atoms with Crippen LogP contribution in [0.4, 0.5) is 0 Å². The molecule has 0 aliphatic carbocycles. The SMILES string of the molecule is CC(C)(C#N)c1coc(-c2ccc(Cl)cc2)n1. The molecule has 1 aromatic carbocycles. The molecule has 0 amide bonds. The van der Waals surface area contributed by atoms with E-state index in [1.807, 2.05) is 12.1 Å². The van der Waals surface area contributed by atoms with Crippen LogP contribution in [-0.4, -0.2) is 4.98 Å². The van der Waals surface area contributed by atoms with Crippen molar-refractivity contribution in [3.05, 3.63) is 41.2 Å². The van der Waals surface area contributed by atoms with Crippen molar-refractivity contribution in [2.75, 3.05) is 0 Å². The zero-order chi connectivity index (χ0) is 12.5. The van der Waals surface area contributed by atoms with Crippen LogP contribution in [0.25, 0.3) is 11.5 Å². The fourth-order valence-corrected chi connectivity index (χ4v) is 1.47. The van der Waals surface area contributed by atoms with E-state index in [1.165, 1.54) is 6.26 Å². The van der Waals surface area contributed by atoms with Crippen molar-refractivity contribution in [1.29, 1.82) is 5.26 Å². The predicted octanol–water partition coefficient (Wildman–Crippen LogP) is 3.80. The molecule has 4 heteroatoms. The molecule has 0 aliphatic heterocycles. The highest BCUT2D eigenvalue weighted by Gasteiger charge is 2.24. The van der Waals surface area contributed by atoms with Gasteiger partial charge < -0.3 is 4.42 Å². The van der Waals surface area contributed by atoms with Gasteiger partial charge in [-0.15, -0.1) is 0 Å². The zero-order valence-electron chi connectivity index (χ0n) is 9.57. The van der Waals surface area contributed by atoms with Crippen LogP contribution in [0, 0.1) is 11.3 Å². The third-order valence-corrected chi connectivity index (χ3v) is 2.77. The van der Waals surface area contributed by atoms with Gasteiger partial charge in [0, 0.05) is 10.6 Å². The van der Waals surface area contributed by atoms with Crippen LogP contribution in [0.2, 0.25) is 5.02 Å². The van der Waals surface area contributed by atoms with Gasteiger partial charge in [-0.2, -0.15) is 5.26 Å². The zero-order valence-corrected chi connectivity index (χ0v) is 10.3. The van der Waals surface area contributed by atoms with Crippen molar-refractivity contribution in [3.8, 4) is 17.5 Å². The van der Waals surface area contributed by atoms with E-state index in [2.05, 4.69) is 11.1 Å². The molecule has 0 atom stereocenters. The maximum absolute atomic E-state index is 9.01. The molecule has 17 heavy (non-hydrogen) atoms. The molecule has 2 aromatic rings. The summed E-state index contributed by atoms with van der Waals surface area (Å²) in [7, 11) is 0. The number of hydrogen-bond acceptors (Lipinski definition) is 3. The lowest BCUT2D eigenvalue weighted by Crippen LogP contribution is -2.14. The van der Waals surface area contributed by atoms with Gasteiger partial charge in [-0.25, -0.2) is 4.98 Å². The summed E-state index contributed by atoms with van der Waals surface area (Å²) in [5.41, 5.74) is 0.827. The van der Waals surface area contributed by atoms with E-state index in [0.29, 0.717) is 16.6 Å². The lowest BCUT2D eigenvalue weighted by Gasteiger charge is -2.09. The number of oxazole rings is 1. The highest BCUT2D eigenvalue weighted by Crippen LogP contribution is 2.26. The third-order valence-electron chi connectivity index (χ3n) is 2.52. The first kappa shape index (κ1) is 11.7. The van der Waals surface area contributed by atoms with Gasteiger partial charge in [-0.05, 0) is 38.1 Å². The molecular weight excluding hydrogens is 236 g/mol. The van der Waals surface area contributed by atoms with Crippen LogP contribution in [0.5, 0.6) is 0 Å². The fourth-order valence-electron chi connectivity index (χ4n) is 1.34. The Kier molecular flexibility index (Phi) is 2.91. The molecule has 0 aliphatic rings. The molecule has 1 aromatic heterocycles. The number of rotatable bonds is 2. The summed E-state index contributed by atoms with van der Waals surface area (Å²) < 4.78 is 5.37. The van der Waals surface area contributed by atoms with E-state index in [-0.39, 0.29) is 0 Å². The normalized spacial score (nSPS) is 11.2. The average molecular weight is 247 g/mol. The third kappa shape index (κ3) is 2.32. The monoisotopic (exact) mass is 246 g/mol. The Bertz CT molecular complexity index is 564. The van der Waals surface area contributed by atoms with Gasteiger partial charge in [0.05, 0.1) is 17.2 Å². The first-order chi connectivity index (χ1) is 8.03. The van der Waals surface area contributed by atoms with E-state index in [0.717, 1.165) is 5.56 Å². The molecule has 0 spiro atoms. The van der Waals surface area contributed by atoms with Crippen molar-refractivity contribution in [3.63, 3.8) is 0 Å². The minimum atomic E-state index is -0.645. The highest BCUT2D eigenvalue weighted by molar-refractivity contribution is 6.30. The van der Waals surface area contributed by atoms with E-state index in [4.69, 9.17) is 21.3 Å². The summed E-state index contributed by atoms with van der Waals surface area (Å²) in [6.07, 6.45) is 1.52. The second kappa shape index (κ2) is 4.23. The van der Waals surface area contributed by atoms with E-state index in [1.54, 1.807) is 26.0 Å². The minimum Gasteiger partial charge on any atom is -0.444 e. The van der Waals surface area contributed by atoms with Crippen molar-refractivity contribution in [2.24, 2.45) is 0 Å². The number of aromatic nitrogens is 1. The van der Waals surface area contributed by atoms with Crippen LogP contribution < -0.4 is 0 Å². The van der Waals surface area contributed by atoms with Gasteiger partial charge in [0.2, 0.25) is 5.89 Å². The van der Waals surface area contributed by atoms with Crippen LogP contribution in [0.3, 0.4) is 0 Å². The Balaban J connectivity index is 2.37. The summed E-state index contributed by atoms with van der Waals surface area (Å²) in [4.78, 5) is 4.32. The lowest BCUT2D eigenvalue weighted by molar-refractivity contribution is 0.565. The van der Waals surface area contributed by atoms with Crippen LogP contribution in [-0.2, 0) is 5.41 Å². The number of nitriles is 1. The quantitative estimate of drug-likeness (QED) is 0.810. The molecule has 0 saturated heterocycles. The Hall–Kier alpha value is -1.79. The maximum atomic E-state index is 9.01. The number of benzene rings is 1. The number of hydrogen-bond donors (Lipinski definition) is 0. The van der Waals surface area contributed by atoms with Crippen molar-refractivity contribution in [1.82, 2.24) is 4.98 Å². The Labute approximate surface area is 105 Å². The highest BCUT2D eigenvalue weighted by atomic mass is 35.5. The molecule has 0 N–H and O–H groups in total. The smallest absolute Gasteiger partial charge is 0.226 e. The van der Waals surface area contributed by atoms with Gasteiger partial charge in [0.15, 0.2) is 0 Å². The first-order valence-corrected chi connectivity index (χ1v) is 5.54. The summed E-state index contributed by atoms with van der Waals surface area (Å²) in [5.74, 6) is 0.500. The Morgan fingerprint density at radius 3 is 2.53 bits per heavy atom. The minimum absolute atomic E-state index is 0.500. The summed E-state index contributed by atoms with van der Waals surface area (Å²) in [6.45, 7) is 3.60. The molecular formula is C13H11ClN2O. The lowest BCUT2D eigenvalue weighted by atomic mass is 9.92. The Morgan fingerprint density at radius 1 is 1.29 bits per heavy atom. The molecule has 0 radical (unpaired) electrons. The number of halogens is 1. The van der Waals surface area contributed by atoms with E-state index in [9.17, 15) is 0 Å². The molecule has 0 saturated carbocycles. The summed E-state index contributed by atoms with van der Waals surface area (Å²) in [6, 6.07) is 9.40. The van der Waals surface area contributed by atoms with Gasteiger partial charge in [-0.1, -0.05) is 11.6 Å². The largest absolute Gasteiger partial charge is 0.444 e.